The van der Waals surface area contributed by atoms with E-state index >= 15 is 0 Å². The lowest BCUT2D eigenvalue weighted by atomic mass is 9.91. The van der Waals surface area contributed by atoms with Gasteiger partial charge in [-0.25, -0.2) is 14.5 Å². The van der Waals surface area contributed by atoms with Crippen molar-refractivity contribution in [1.29, 1.82) is 0 Å². The van der Waals surface area contributed by atoms with Gasteiger partial charge in [0.05, 0.1) is 12.6 Å². The van der Waals surface area contributed by atoms with Crippen LogP contribution in [0.3, 0.4) is 0 Å². The molecule has 0 aromatic carbocycles. The highest BCUT2D eigenvalue weighted by Gasteiger charge is 2.50. The van der Waals surface area contributed by atoms with Gasteiger partial charge in [0.25, 0.3) is 0 Å². The first-order valence-electron chi connectivity index (χ1n) is 9.23. The summed E-state index contributed by atoms with van der Waals surface area (Å²) >= 11 is 0. The van der Waals surface area contributed by atoms with Crippen molar-refractivity contribution in [2.75, 3.05) is 6.61 Å². The maximum Gasteiger partial charge on any atom is 0.417 e. The number of likely N-dealkylation sites (tertiary alicyclic amines) is 1. The van der Waals surface area contributed by atoms with Crippen molar-refractivity contribution in [1.82, 2.24) is 10.2 Å². The Morgan fingerprint density at radius 3 is 2.15 bits per heavy atom. The summed E-state index contributed by atoms with van der Waals surface area (Å²) in [5, 5.41) is 12.2. The minimum absolute atomic E-state index is 0.206. The molecule has 8 heteroatoms. The second-order valence-corrected chi connectivity index (χ2v) is 9.63. The number of amides is 3. The molecule has 2 N–H and O–H groups in total. The summed E-state index contributed by atoms with van der Waals surface area (Å²) in [4.78, 5) is 38.3. The maximum atomic E-state index is 12.8. The number of aliphatic hydroxyl groups excluding tert-OH is 1. The average Bonchev–Trinajstić information content (AvgIpc) is 2.63. The highest BCUT2D eigenvalue weighted by Crippen LogP contribution is 2.37. The van der Waals surface area contributed by atoms with Crippen LogP contribution in [0, 0.1) is 5.92 Å². The Balaban J connectivity index is 2.82. The van der Waals surface area contributed by atoms with Crippen molar-refractivity contribution in [2.24, 2.45) is 5.92 Å². The number of alkyl carbamates (subject to hydrolysis) is 1. The molecule has 0 spiro atoms. The molecule has 0 bridgehead atoms. The Morgan fingerprint density at radius 1 is 1.19 bits per heavy atom. The van der Waals surface area contributed by atoms with Crippen molar-refractivity contribution in [3.63, 3.8) is 0 Å². The largest absolute Gasteiger partial charge is 0.444 e. The van der Waals surface area contributed by atoms with Gasteiger partial charge in [0.1, 0.15) is 11.2 Å². The molecule has 27 heavy (non-hydrogen) atoms. The van der Waals surface area contributed by atoms with E-state index in [-0.39, 0.29) is 18.9 Å². The molecular weight excluding hydrogens is 352 g/mol. The molecular formula is C19H34N2O6. The van der Waals surface area contributed by atoms with Crippen LogP contribution in [0.5, 0.6) is 0 Å². The zero-order chi connectivity index (χ0) is 21.2. The summed E-state index contributed by atoms with van der Waals surface area (Å²) < 4.78 is 10.5. The van der Waals surface area contributed by atoms with Gasteiger partial charge >= 0.3 is 12.2 Å². The number of rotatable bonds is 4. The van der Waals surface area contributed by atoms with Gasteiger partial charge < -0.3 is 19.9 Å². The number of hydrogen-bond donors (Lipinski definition) is 2. The summed E-state index contributed by atoms with van der Waals surface area (Å²) in [6.07, 6.45) is -0.717. The molecule has 1 rings (SSSR count). The van der Waals surface area contributed by atoms with Crippen molar-refractivity contribution in [3.05, 3.63) is 0 Å². The van der Waals surface area contributed by atoms with Crippen molar-refractivity contribution < 1.29 is 29.0 Å². The number of nitrogens with one attached hydrogen (secondary N) is 1. The minimum atomic E-state index is -0.712. The normalized spacial score (nSPS) is 21.0. The van der Waals surface area contributed by atoms with Crippen LogP contribution in [-0.4, -0.2) is 57.5 Å². The van der Waals surface area contributed by atoms with Crippen LogP contribution in [0.25, 0.3) is 0 Å². The van der Waals surface area contributed by atoms with Crippen LogP contribution >= 0.6 is 0 Å². The van der Waals surface area contributed by atoms with Crippen molar-refractivity contribution in [2.45, 2.75) is 91.0 Å². The van der Waals surface area contributed by atoms with Gasteiger partial charge in [-0.1, -0.05) is 0 Å². The van der Waals surface area contributed by atoms with Crippen LogP contribution in [0.1, 0.15) is 68.2 Å². The van der Waals surface area contributed by atoms with Crippen molar-refractivity contribution >= 4 is 18.1 Å². The topological polar surface area (TPSA) is 105 Å². The van der Waals surface area contributed by atoms with E-state index < -0.39 is 40.9 Å². The first-order chi connectivity index (χ1) is 12.1. The summed E-state index contributed by atoms with van der Waals surface area (Å²) in [7, 11) is 0. The highest BCUT2D eigenvalue weighted by molar-refractivity contribution is 5.96. The smallest absolute Gasteiger partial charge is 0.417 e. The molecule has 0 aliphatic carbocycles. The summed E-state index contributed by atoms with van der Waals surface area (Å²) in [6.45, 7) is 13.7. The second-order valence-electron chi connectivity index (χ2n) is 9.63. The molecule has 3 amide bonds. The monoisotopic (exact) mass is 386 g/mol. The third kappa shape index (κ3) is 7.01. The standard InChI is InChI=1S/C19H34N2O6/c1-17(2,3)26-15(24)20-13(11-22)9-12-10-19(7,8)21(14(12)23)16(25)27-18(4,5)6/h12-13,22H,9-11H2,1-8H3,(H,20,24)/t12-,13-/m0/s1. The van der Waals surface area contributed by atoms with Crippen LogP contribution in [-0.2, 0) is 14.3 Å². The molecule has 1 aliphatic heterocycles. The molecule has 0 aromatic heterocycles. The number of hydrogen-bond acceptors (Lipinski definition) is 6. The molecule has 1 saturated heterocycles. The highest BCUT2D eigenvalue weighted by atomic mass is 16.6. The number of carbonyl (C=O) groups excluding carboxylic acids is 3. The van der Waals surface area contributed by atoms with Gasteiger partial charge in [0.2, 0.25) is 5.91 Å². The number of aliphatic hydroxyl groups is 1. The molecule has 1 heterocycles. The van der Waals surface area contributed by atoms with E-state index in [1.165, 1.54) is 0 Å². The van der Waals surface area contributed by atoms with E-state index in [1.54, 1.807) is 55.4 Å². The molecule has 1 aliphatic rings. The first kappa shape index (κ1) is 23.2. The minimum Gasteiger partial charge on any atom is -0.444 e. The predicted octanol–water partition coefficient (Wildman–Crippen LogP) is 2.82. The van der Waals surface area contributed by atoms with Gasteiger partial charge in [0, 0.05) is 11.5 Å². The Morgan fingerprint density at radius 2 is 1.70 bits per heavy atom. The molecule has 1 fully saturated rings. The third-order valence-electron chi connectivity index (χ3n) is 4.01. The van der Waals surface area contributed by atoms with Crippen LogP contribution < -0.4 is 5.32 Å². The molecule has 0 saturated carbocycles. The Kier molecular flexibility index (Phi) is 6.91. The Labute approximate surface area is 161 Å². The number of nitrogens with zero attached hydrogens (tertiary/aromatic N) is 1. The molecule has 156 valence electrons. The van der Waals surface area contributed by atoms with Gasteiger partial charge in [-0.05, 0) is 68.2 Å². The SMILES string of the molecule is CC(C)(C)OC(=O)N[C@H](CO)C[C@H]1CC(C)(C)N(C(=O)OC(C)(C)C)C1=O. The Hall–Kier alpha value is -1.83. The lowest BCUT2D eigenvalue weighted by molar-refractivity contribution is -0.132. The first-order valence-corrected chi connectivity index (χ1v) is 9.23. The van der Waals surface area contributed by atoms with Gasteiger partial charge in [-0.3, -0.25) is 4.79 Å². The average molecular weight is 386 g/mol. The van der Waals surface area contributed by atoms with E-state index in [4.69, 9.17) is 9.47 Å². The van der Waals surface area contributed by atoms with E-state index in [9.17, 15) is 19.5 Å². The van der Waals surface area contributed by atoms with E-state index in [0.29, 0.717) is 6.42 Å². The van der Waals surface area contributed by atoms with Crippen LogP contribution in [0.15, 0.2) is 0 Å². The summed E-state index contributed by atoms with van der Waals surface area (Å²) in [5.74, 6) is -0.877. The second kappa shape index (κ2) is 8.04. The number of ether oxygens (including phenoxy) is 2. The molecule has 8 nitrogen and oxygen atoms in total. The summed E-state index contributed by atoms with van der Waals surface area (Å²) in [6, 6.07) is -0.650. The predicted molar refractivity (Wildman–Crippen MR) is 100 cm³/mol. The van der Waals surface area contributed by atoms with E-state index in [0.717, 1.165) is 4.90 Å². The molecule has 2 atom stereocenters. The van der Waals surface area contributed by atoms with Gasteiger partial charge in [-0.15, -0.1) is 0 Å². The fourth-order valence-electron chi connectivity index (χ4n) is 3.09. The fraction of sp³-hybridized carbons (Fsp3) is 0.842. The zero-order valence-electron chi connectivity index (χ0n) is 17.7. The molecule has 0 unspecified atom stereocenters. The lowest BCUT2D eigenvalue weighted by Crippen LogP contribution is -2.48. The number of imide groups is 1. The molecule has 0 radical (unpaired) electrons. The van der Waals surface area contributed by atoms with Crippen LogP contribution in [0.4, 0.5) is 9.59 Å². The third-order valence-corrected chi connectivity index (χ3v) is 4.01. The number of carbonyl (C=O) groups is 3. The van der Waals surface area contributed by atoms with E-state index in [1.807, 2.05) is 0 Å². The lowest BCUT2D eigenvalue weighted by Gasteiger charge is -2.31. The summed E-state index contributed by atoms with van der Waals surface area (Å²) in [5.41, 5.74) is -2.09. The fourth-order valence-corrected chi connectivity index (χ4v) is 3.09. The van der Waals surface area contributed by atoms with Gasteiger partial charge in [-0.2, -0.15) is 0 Å². The maximum absolute atomic E-state index is 12.8. The quantitative estimate of drug-likeness (QED) is 0.770. The van der Waals surface area contributed by atoms with Crippen molar-refractivity contribution in [3.8, 4) is 0 Å². The molecule has 0 aromatic rings. The zero-order valence-corrected chi connectivity index (χ0v) is 17.7. The Bertz CT molecular complexity index is 574. The van der Waals surface area contributed by atoms with Crippen LogP contribution in [0.2, 0.25) is 0 Å². The van der Waals surface area contributed by atoms with Gasteiger partial charge in [0.15, 0.2) is 0 Å². The van der Waals surface area contributed by atoms with E-state index in [2.05, 4.69) is 5.32 Å².